The number of hydrogen-bond donors (Lipinski definition) is 1. The minimum atomic E-state index is -0.0910. The first-order chi connectivity index (χ1) is 14.8. The molecule has 1 N–H and O–H groups in total. The van der Waals surface area contributed by atoms with Crippen LogP contribution in [0.5, 0.6) is 0 Å². The fourth-order valence-electron chi connectivity index (χ4n) is 4.30. The van der Waals surface area contributed by atoms with Crippen LogP contribution in [0.2, 0.25) is 0 Å². The topological polar surface area (TPSA) is 49.4 Å². The highest BCUT2D eigenvalue weighted by atomic mass is 32.2. The summed E-state index contributed by atoms with van der Waals surface area (Å²) in [5.41, 5.74) is 5.52. The average Bonchev–Trinajstić information content (AvgIpc) is 2.72. The zero-order valence-corrected chi connectivity index (χ0v) is 20.0. The number of thioether (sulfide) groups is 1. The SMILES string of the molecule is CC(=O)Nc1ccc(N(CC2CCCCC2)C(C)=O)cc1SCc1ccc(C)cc1C. The lowest BCUT2D eigenvalue weighted by Gasteiger charge is -2.29. The molecule has 2 aromatic rings. The molecular weight excluding hydrogens is 404 g/mol. The first kappa shape index (κ1) is 23.4. The maximum absolute atomic E-state index is 12.5. The van der Waals surface area contributed by atoms with Crippen LogP contribution < -0.4 is 10.2 Å². The Morgan fingerprint density at radius 1 is 1.03 bits per heavy atom. The summed E-state index contributed by atoms with van der Waals surface area (Å²) in [6.45, 7) is 8.18. The molecule has 3 rings (SSSR count). The number of aryl methyl sites for hydroxylation is 2. The minimum Gasteiger partial charge on any atom is -0.325 e. The number of rotatable bonds is 7. The molecule has 0 unspecified atom stereocenters. The van der Waals surface area contributed by atoms with E-state index >= 15 is 0 Å². The molecule has 2 aromatic carbocycles. The van der Waals surface area contributed by atoms with Crippen molar-refractivity contribution in [2.75, 3.05) is 16.8 Å². The van der Waals surface area contributed by atoms with Crippen molar-refractivity contribution in [1.29, 1.82) is 0 Å². The smallest absolute Gasteiger partial charge is 0.223 e. The monoisotopic (exact) mass is 438 g/mol. The van der Waals surface area contributed by atoms with Gasteiger partial charge in [-0.3, -0.25) is 9.59 Å². The van der Waals surface area contributed by atoms with Gasteiger partial charge in [-0.25, -0.2) is 0 Å². The lowest BCUT2D eigenvalue weighted by Crippen LogP contribution is -2.34. The Kier molecular flexibility index (Phi) is 8.19. The maximum atomic E-state index is 12.5. The van der Waals surface area contributed by atoms with Crippen LogP contribution in [0.1, 0.15) is 62.6 Å². The Balaban J connectivity index is 1.85. The van der Waals surface area contributed by atoms with Crippen LogP contribution in [-0.2, 0) is 15.3 Å². The van der Waals surface area contributed by atoms with Crippen LogP contribution >= 0.6 is 11.8 Å². The van der Waals surface area contributed by atoms with Gasteiger partial charge in [0.1, 0.15) is 0 Å². The predicted molar refractivity (Wildman–Crippen MR) is 131 cm³/mol. The summed E-state index contributed by atoms with van der Waals surface area (Å²) in [6, 6.07) is 12.4. The van der Waals surface area contributed by atoms with Crippen LogP contribution in [0, 0.1) is 19.8 Å². The molecule has 5 heteroatoms. The molecule has 1 aliphatic rings. The molecule has 1 fully saturated rings. The van der Waals surface area contributed by atoms with E-state index < -0.39 is 0 Å². The molecule has 4 nitrogen and oxygen atoms in total. The second-order valence-corrected chi connectivity index (χ2v) is 9.73. The largest absolute Gasteiger partial charge is 0.325 e. The lowest BCUT2D eigenvalue weighted by molar-refractivity contribution is -0.117. The Labute approximate surface area is 190 Å². The Hall–Kier alpha value is -2.27. The van der Waals surface area contributed by atoms with Crippen LogP contribution in [-0.4, -0.2) is 18.4 Å². The summed E-state index contributed by atoms with van der Waals surface area (Å²) in [4.78, 5) is 27.1. The van der Waals surface area contributed by atoms with Gasteiger partial charge in [0.25, 0.3) is 0 Å². The molecule has 1 saturated carbocycles. The summed E-state index contributed by atoms with van der Waals surface area (Å²) >= 11 is 1.70. The summed E-state index contributed by atoms with van der Waals surface area (Å²) in [5, 5.41) is 2.95. The van der Waals surface area contributed by atoms with Gasteiger partial charge >= 0.3 is 0 Å². The summed E-state index contributed by atoms with van der Waals surface area (Å²) < 4.78 is 0. The molecule has 31 heavy (non-hydrogen) atoms. The van der Waals surface area contributed by atoms with Gasteiger partial charge in [-0.1, -0.05) is 43.0 Å². The van der Waals surface area contributed by atoms with Crippen LogP contribution in [0.25, 0.3) is 0 Å². The van der Waals surface area contributed by atoms with Crippen molar-refractivity contribution < 1.29 is 9.59 Å². The van der Waals surface area contributed by atoms with E-state index in [9.17, 15) is 9.59 Å². The fourth-order valence-corrected chi connectivity index (χ4v) is 5.41. The molecule has 0 aliphatic heterocycles. The number of nitrogens with one attached hydrogen (secondary N) is 1. The van der Waals surface area contributed by atoms with Crippen LogP contribution in [0.15, 0.2) is 41.3 Å². The van der Waals surface area contributed by atoms with Gasteiger partial charge in [-0.15, -0.1) is 11.8 Å². The number of nitrogens with zero attached hydrogens (tertiary/aromatic N) is 1. The van der Waals surface area contributed by atoms with Gasteiger partial charge in [0.2, 0.25) is 11.8 Å². The first-order valence-corrected chi connectivity index (χ1v) is 12.2. The molecule has 2 amide bonds. The summed E-state index contributed by atoms with van der Waals surface area (Å²) in [7, 11) is 0. The number of carbonyl (C=O) groups is 2. The molecule has 0 radical (unpaired) electrons. The van der Waals surface area contributed by atoms with Gasteiger partial charge in [-0.2, -0.15) is 0 Å². The van der Waals surface area contributed by atoms with E-state index in [0.717, 1.165) is 28.6 Å². The van der Waals surface area contributed by atoms with E-state index in [0.29, 0.717) is 5.92 Å². The normalized spacial score (nSPS) is 14.3. The number of hydrogen-bond acceptors (Lipinski definition) is 3. The third-order valence-electron chi connectivity index (χ3n) is 6.01. The number of amides is 2. The molecule has 0 spiro atoms. The van der Waals surface area contributed by atoms with Gasteiger partial charge in [0.15, 0.2) is 0 Å². The second kappa shape index (κ2) is 10.9. The van der Waals surface area contributed by atoms with Gasteiger partial charge < -0.3 is 10.2 Å². The molecular formula is C26H34N2O2S. The van der Waals surface area contributed by atoms with E-state index in [2.05, 4.69) is 43.4 Å². The van der Waals surface area contributed by atoms with E-state index in [1.54, 1.807) is 18.7 Å². The van der Waals surface area contributed by atoms with Crippen molar-refractivity contribution in [3.8, 4) is 0 Å². The van der Waals surface area contributed by atoms with E-state index in [1.165, 1.54) is 55.7 Å². The maximum Gasteiger partial charge on any atom is 0.223 e. The molecule has 0 saturated heterocycles. The van der Waals surface area contributed by atoms with Crippen molar-refractivity contribution in [2.24, 2.45) is 5.92 Å². The summed E-state index contributed by atoms with van der Waals surface area (Å²) in [6.07, 6.45) is 6.22. The Bertz CT molecular complexity index is 935. The number of benzene rings is 2. The molecule has 0 aromatic heterocycles. The van der Waals surface area contributed by atoms with Crippen molar-refractivity contribution in [2.45, 2.75) is 70.4 Å². The predicted octanol–water partition coefficient (Wildman–Crippen LogP) is 6.49. The molecule has 0 atom stereocenters. The van der Waals surface area contributed by atoms with Gasteiger partial charge in [0, 0.05) is 36.7 Å². The second-order valence-electron chi connectivity index (χ2n) is 8.71. The molecule has 0 heterocycles. The number of anilines is 2. The van der Waals surface area contributed by atoms with Gasteiger partial charge in [0.05, 0.1) is 5.69 Å². The third-order valence-corrected chi connectivity index (χ3v) is 7.12. The van der Waals surface area contributed by atoms with Crippen molar-refractivity contribution in [3.05, 3.63) is 53.1 Å². The zero-order chi connectivity index (χ0) is 22.4. The third kappa shape index (κ3) is 6.60. The standard InChI is InChI=1S/C26H34N2O2S/c1-18-10-11-23(19(2)14-18)17-31-26-15-24(12-13-25(26)27-20(3)29)28(21(4)30)16-22-8-6-5-7-9-22/h10-15,22H,5-9,16-17H2,1-4H3,(H,27,29). The highest BCUT2D eigenvalue weighted by molar-refractivity contribution is 7.98. The van der Waals surface area contributed by atoms with E-state index in [-0.39, 0.29) is 11.8 Å². The Morgan fingerprint density at radius 3 is 2.42 bits per heavy atom. The summed E-state index contributed by atoms with van der Waals surface area (Å²) in [5.74, 6) is 1.36. The average molecular weight is 439 g/mol. The van der Waals surface area contributed by atoms with E-state index in [4.69, 9.17) is 0 Å². The Morgan fingerprint density at radius 2 is 1.77 bits per heavy atom. The van der Waals surface area contributed by atoms with Crippen molar-refractivity contribution in [3.63, 3.8) is 0 Å². The zero-order valence-electron chi connectivity index (χ0n) is 19.2. The quantitative estimate of drug-likeness (QED) is 0.503. The van der Waals surface area contributed by atoms with Crippen molar-refractivity contribution in [1.82, 2.24) is 0 Å². The highest BCUT2D eigenvalue weighted by Crippen LogP contribution is 2.35. The molecule has 1 aliphatic carbocycles. The van der Waals surface area contributed by atoms with E-state index in [1.807, 2.05) is 17.0 Å². The van der Waals surface area contributed by atoms with Gasteiger partial charge in [-0.05, 0) is 61.9 Å². The van der Waals surface area contributed by atoms with Crippen molar-refractivity contribution >= 4 is 35.0 Å². The van der Waals surface area contributed by atoms with Crippen LogP contribution in [0.3, 0.4) is 0 Å². The number of carbonyl (C=O) groups excluding carboxylic acids is 2. The molecule has 166 valence electrons. The fraction of sp³-hybridized carbons (Fsp3) is 0.462. The first-order valence-electron chi connectivity index (χ1n) is 11.2. The lowest BCUT2D eigenvalue weighted by atomic mass is 9.89. The van der Waals surface area contributed by atoms with Crippen LogP contribution in [0.4, 0.5) is 11.4 Å². The minimum absolute atomic E-state index is 0.0724. The highest BCUT2D eigenvalue weighted by Gasteiger charge is 2.21. The molecule has 0 bridgehead atoms.